The molecule has 118 valence electrons. The van der Waals surface area contributed by atoms with Gasteiger partial charge < -0.3 is 5.32 Å². The molecule has 0 aliphatic heterocycles. The van der Waals surface area contributed by atoms with E-state index in [0.29, 0.717) is 5.69 Å². The highest BCUT2D eigenvalue weighted by Gasteiger charge is 2.20. The van der Waals surface area contributed by atoms with Gasteiger partial charge in [0, 0.05) is 17.9 Å². The number of nitrogens with one attached hydrogen (secondary N) is 2. The number of carbonyl (C=O) groups excluding carboxylic acids is 1. The quantitative estimate of drug-likeness (QED) is 0.786. The van der Waals surface area contributed by atoms with Gasteiger partial charge in [-0.15, -0.1) is 11.8 Å². The van der Waals surface area contributed by atoms with Gasteiger partial charge in [-0.2, -0.15) is 0 Å². The molecule has 0 spiro atoms. The summed E-state index contributed by atoms with van der Waals surface area (Å²) in [6.45, 7) is 7.12. The van der Waals surface area contributed by atoms with E-state index in [-0.39, 0.29) is 22.8 Å². The molecule has 0 aliphatic carbocycles. The van der Waals surface area contributed by atoms with Crippen molar-refractivity contribution in [1.82, 2.24) is 4.72 Å². The van der Waals surface area contributed by atoms with Crippen LogP contribution in [0.25, 0.3) is 0 Å². The Balaban J connectivity index is 3.15. The molecule has 0 saturated heterocycles. The van der Waals surface area contributed by atoms with E-state index in [1.54, 1.807) is 12.1 Å². The topological polar surface area (TPSA) is 75.3 Å². The zero-order valence-electron chi connectivity index (χ0n) is 12.9. The fourth-order valence-electron chi connectivity index (χ4n) is 1.59. The average molecular weight is 330 g/mol. The molecule has 1 unspecified atom stereocenters. The molecule has 1 amide bonds. The van der Waals surface area contributed by atoms with E-state index in [4.69, 9.17) is 0 Å². The minimum Gasteiger partial charge on any atom is -0.325 e. The summed E-state index contributed by atoms with van der Waals surface area (Å²) in [4.78, 5) is 12.2. The van der Waals surface area contributed by atoms with Crippen molar-refractivity contribution in [3.63, 3.8) is 0 Å². The Labute approximate surface area is 130 Å². The van der Waals surface area contributed by atoms with E-state index in [9.17, 15) is 13.2 Å². The Morgan fingerprint density at radius 2 is 1.86 bits per heavy atom. The lowest BCUT2D eigenvalue weighted by atomic mass is 10.1. The number of benzene rings is 1. The Hall–Kier alpha value is -1.05. The van der Waals surface area contributed by atoms with Crippen molar-refractivity contribution in [1.29, 1.82) is 0 Å². The predicted octanol–water partition coefficient (Wildman–Crippen LogP) is 2.69. The summed E-state index contributed by atoms with van der Waals surface area (Å²) in [6.07, 6.45) is 1.87. The molecule has 1 rings (SSSR count). The molecule has 1 atom stereocenters. The van der Waals surface area contributed by atoms with Crippen molar-refractivity contribution < 1.29 is 13.2 Å². The van der Waals surface area contributed by atoms with Crippen molar-refractivity contribution in [2.24, 2.45) is 5.92 Å². The van der Waals surface area contributed by atoms with Gasteiger partial charge in [0.25, 0.3) is 0 Å². The van der Waals surface area contributed by atoms with Crippen LogP contribution in [0.3, 0.4) is 0 Å². The SMILES string of the molecule is CSc1ccc(S(=O)(=O)NC(C)C(C)C)cc1NC(C)=O. The van der Waals surface area contributed by atoms with Crippen molar-refractivity contribution >= 4 is 33.4 Å². The van der Waals surface area contributed by atoms with Crippen molar-refractivity contribution in [2.45, 2.75) is 43.5 Å². The molecular weight excluding hydrogens is 308 g/mol. The van der Waals surface area contributed by atoms with Crippen LogP contribution in [-0.4, -0.2) is 26.6 Å². The minimum atomic E-state index is -3.60. The number of hydrogen-bond donors (Lipinski definition) is 2. The molecule has 7 heteroatoms. The molecule has 0 aromatic heterocycles. The van der Waals surface area contributed by atoms with Crippen LogP contribution in [0.2, 0.25) is 0 Å². The lowest BCUT2D eigenvalue weighted by molar-refractivity contribution is -0.114. The molecule has 5 nitrogen and oxygen atoms in total. The van der Waals surface area contributed by atoms with E-state index >= 15 is 0 Å². The monoisotopic (exact) mass is 330 g/mol. The number of anilines is 1. The molecule has 21 heavy (non-hydrogen) atoms. The van der Waals surface area contributed by atoms with Crippen LogP contribution < -0.4 is 10.0 Å². The van der Waals surface area contributed by atoms with Crippen LogP contribution in [-0.2, 0) is 14.8 Å². The van der Waals surface area contributed by atoms with Crippen molar-refractivity contribution in [2.75, 3.05) is 11.6 Å². The third-order valence-electron chi connectivity index (χ3n) is 3.13. The average Bonchev–Trinajstić information content (AvgIpc) is 2.37. The lowest BCUT2D eigenvalue weighted by Crippen LogP contribution is -2.36. The number of amides is 1. The maximum atomic E-state index is 12.4. The maximum Gasteiger partial charge on any atom is 0.240 e. The fraction of sp³-hybridized carbons (Fsp3) is 0.500. The summed E-state index contributed by atoms with van der Waals surface area (Å²) in [6, 6.07) is 4.57. The van der Waals surface area contributed by atoms with Crippen molar-refractivity contribution in [3.8, 4) is 0 Å². The van der Waals surface area contributed by atoms with E-state index in [0.717, 1.165) is 4.90 Å². The van der Waals surface area contributed by atoms with Gasteiger partial charge in [0.05, 0.1) is 10.6 Å². The van der Waals surface area contributed by atoms with Crippen LogP contribution >= 0.6 is 11.8 Å². The van der Waals surface area contributed by atoms with Gasteiger partial charge in [0.1, 0.15) is 0 Å². The molecule has 0 heterocycles. The van der Waals surface area contributed by atoms with E-state index in [2.05, 4.69) is 10.0 Å². The number of rotatable bonds is 6. The predicted molar refractivity (Wildman–Crippen MR) is 87.1 cm³/mol. The minimum absolute atomic E-state index is 0.150. The van der Waals surface area contributed by atoms with Crippen LogP contribution in [0.5, 0.6) is 0 Å². The second kappa shape index (κ2) is 7.29. The van der Waals surface area contributed by atoms with Crippen LogP contribution in [0.15, 0.2) is 28.0 Å². The first-order valence-corrected chi connectivity index (χ1v) is 9.36. The largest absolute Gasteiger partial charge is 0.325 e. The zero-order chi connectivity index (χ0) is 16.2. The first-order valence-electron chi connectivity index (χ1n) is 6.65. The highest BCUT2D eigenvalue weighted by Crippen LogP contribution is 2.28. The molecule has 0 bridgehead atoms. The normalized spacial score (nSPS) is 13.2. The lowest BCUT2D eigenvalue weighted by Gasteiger charge is -2.18. The van der Waals surface area contributed by atoms with Gasteiger partial charge >= 0.3 is 0 Å². The van der Waals surface area contributed by atoms with Crippen LogP contribution in [0, 0.1) is 5.92 Å². The highest BCUT2D eigenvalue weighted by molar-refractivity contribution is 7.98. The smallest absolute Gasteiger partial charge is 0.240 e. The van der Waals surface area contributed by atoms with Gasteiger partial charge in [-0.05, 0) is 37.3 Å². The molecule has 0 radical (unpaired) electrons. The number of sulfonamides is 1. The first kappa shape index (κ1) is 18.0. The molecule has 0 aliphatic rings. The van der Waals surface area contributed by atoms with Gasteiger partial charge in [-0.1, -0.05) is 13.8 Å². The number of thioether (sulfide) groups is 1. The molecule has 1 aromatic carbocycles. The third kappa shape index (κ3) is 5.01. The Morgan fingerprint density at radius 3 is 2.33 bits per heavy atom. The van der Waals surface area contributed by atoms with Gasteiger partial charge in [0.2, 0.25) is 15.9 Å². The summed E-state index contributed by atoms with van der Waals surface area (Å²) in [5.74, 6) is -0.0385. The second-order valence-electron chi connectivity index (χ2n) is 5.20. The summed E-state index contributed by atoms with van der Waals surface area (Å²) in [5.41, 5.74) is 0.509. The van der Waals surface area contributed by atoms with E-state index < -0.39 is 10.0 Å². The summed E-state index contributed by atoms with van der Waals surface area (Å²) < 4.78 is 27.4. The van der Waals surface area contributed by atoms with Gasteiger partial charge in [-0.3, -0.25) is 4.79 Å². The van der Waals surface area contributed by atoms with Gasteiger partial charge in [0.15, 0.2) is 0 Å². The summed E-state index contributed by atoms with van der Waals surface area (Å²) >= 11 is 1.45. The molecule has 2 N–H and O–H groups in total. The van der Waals surface area contributed by atoms with E-state index in [1.165, 1.54) is 24.8 Å². The molecule has 0 fully saturated rings. The Bertz CT molecular complexity index is 613. The standard InChI is InChI=1S/C14H22N2O3S2/c1-9(2)10(3)16-21(18,19)12-6-7-14(20-5)13(8-12)15-11(4)17/h6-10,16H,1-5H3,(H,15,17). The fourth-order valence-corrected chi connectivity index (χ4v) is 3.54. The Kier molecular flexibility index (Phi) is 6.24. The maximum absolute atomic E-state index is 12.4. The number of hydrogen-bond acceptors (Lipinski definition) is 4. The third-order valence-corrected chi connectivity index (χ3v) is 5.49. The summed E-state index contributed by atoms with van der Waals surface area (Å²) in [7, 11) is -3.60. The first-order chi connectivity index (χ1) is 9.67. The van der Waals surface area contributed by atoms with Crippen LogP contribution in [0.4, 0.5) is 5.69 Å². The summed E-state index contributed by atoms with van der Waals surface area (Å²) in [5, 5.41) is 2.66. The number of carbonyl (C=O) groups is 1. The zero-order valence-corrected chi connectivity index (χ0v) is 14.6. The highest BCUT2D eigenvalue weighted by atomic mass is 32.2. The molecule has 0 saturated carbocycles. The van der Waals surface area contributed by atoms with Crippen LogP contribution in [0.1, 0.15) is 27.7 Å². The second-order valence-corrected chi connectivity index (χ2v) is 7.76. The van der Waals surface area contributed by atoms with Gasteiger partial charge in [-0.25, -0.2) is 13.1 Å². The Morgan fingerprint density at radius 1 is 1.24 bits per heavy atom. The molecule has 1 aromatic rings. The van der Waals surface area contributed by atoms with Crippen molar-refractivity contribution in [3.05, 3.63) is 18.2 Å². The molecular formula is C14H22N2O3S2. The van der Waals surface area contributed by atoms with E-state index in [1.807, 2.05) is 27.0 Å².